The first-order valence-electron chi connectivity index (χ1n) is 9.24. The average molecular weight is 394 g/mol. The normalized spacial score (nSPS) is 10.7. The summed E-state index contributed by atoms with van der Waals surface area (Å²) in [5.41, 5.74) is 1.57. The molecule has 7 nitrogen and oxygen atoms in total. The number of ether oxygens (including phenoxy) is 1. The maximum absolute atomic E-state index is 12.0. The minimum absolute atomic E-state index is 0.0452. The van der Waals surface area contributed by atoms with E-state index in [9.17, 15) is 14.4 Å². The van der Waals surface area contributed by atoms with Crippen molar-refractivity contribution in [3.63, 3.8) is 0 Å². The Balaban J connectivity index is 1.48. The van der Waals surface area contributed by atoms with Crippen molar-refractivity contribution < 1.29 is 18.7 Å². The van der Waals surface area contributed by atoms with Gasteiger partial charge in [0.25, 0.3) is 5.91 Å². The van der Waals surface area contributed by atoms with Crippen LogP contribution in [0.2, 0.25) is 0 Å². The Morgan fingerprint density at radius 3 is 2.48 bits per heavy atom. The lowest BCUT2D eigenvalue weighted by atomic mass is 10.1. The molecule has 1 heterocycles. The lowest BCUT2D eigenvalue weighted by Gasteiger charge is -2.10. The highest BCUT2D eigenvalue weighted by molar-refractivity contribution is 5.92. The zero-order chi connectivity index (χ0) is 20.8. The van der Waals surface area contributed by atoms with Gasteiger partial charge in [-0.3, -0.25) is 9.59 Å². The third-order valence-electron chi connectivity index (χ3n) is 4.20. The highest BCUT2D eigenvalue weighted by Gasteiger charge is 2.08. The molecule has 2 aromatic carbocycles. The van der Waals surface area contributed by atoms with Gasteiger partial charge >= 0.3 is 5.63 Å². The predicted octanol–water partition coefficient (Wildman–Crippen LogP) is 3.08. The number of carbonyl (C=O) groups is 2. The quantitative estimate of drug-likeness (QED) is 0.600. The van der Waals surface area contributed by atoms with Gasteiger partial charge in [0.05, 0.1) is 0 Å². The molecule has 0 saturated heterocycles. The highest BCUT2D eigenvalue weighted by Crippen LogP contribution is 2.19. The van der Waals surface area contributed by atoms with E-state index in [1.165, 1.54) is 6.07 Å². The summed E-state index contributed by atoms with van der Waals surface area (Å²) < 4.78 is 10.6. The summed E-state index contributed by atoms with van der Waals surface area (Å²) in [5.74, 6) is 0.0211. The van der Waals surface area contributed by atoms with Crippen LogP contribution in [0.4, 0.5) is 5.69 Å². The second kappa shape index (κ2) is 9.05. The maximum Gasteiger partial charge on any atom is 0.336 e. The van der Waals surface area contributed by atoms with Crippen LogP contribution in [0.1, 0.15) is 19.4 Å². The predicted molar refractivity (Wildman–Crippen MR) is 110 cm³/mol. The Morgan fingerprint density at radius 2 is 1.76 bits per heavy atom. The van der Waals surface area contributed by atoms with Crippen LogP contribution < -0.4 is 21.0 Å². The Kier molecular flexibility index (Phi) is 6.29. The van der Waals surface area contributed by atoms with Gasteiger partial charge in [0.1, 0.15) is 11.3 Å². The van der Waals surface area contributed by atoms with Gasteiger partial charge in [-0.05, 0) is 35.9 Å². The number of rotatable bonds is 7. The van der Waals surface area contributed by atoms with E-state index in [1.54, 1.807) is 36.4 Å². The molecule has 0 radical (unpaired) electrons. The largest absolute Gasteiger partial charge is 0.484 e. The fraction of sp³-hybridized carbons (Fsp3) is 0.227. The van der Waals surface area contributed by atoms with Crippen molar-refractivity contribution in [1.82, 2.24) is 5.32 Å². The van der Waals surface area contributed by atoms with Gasteiger partial charge < -0.3 is 19.8 Å². The van der Waals surface area contributed by atoms with E-state index >= 15 is 0 Å². The van der Waals surface area contributed by atoms with Crippen molar-refractivity contribution in [3.8, 4) is 5.75 Å². The number of amides is 2. The fourth-order valence-corrected chi connectivity index (χ4v) is 2.52. The Bertz CT molecular complexity index is 1070. The number of nitrogens with one attached hydrogen (secondary N) is 2. The maximum atomic E-state index is 12.0. The summed E-state index contributed by atoms with van der Waals surface area (Å²) in [7, 11) is 0. The first-order chi connectivity index (χ1) is 13.9. The number of hydrogen-bond acceptors (Lipinski definition) is 5. The minimum Gasteiger partial charge on any atom is -0.484 e. The minimum atomic E-state index is -0.442. The summed E-state index contributed by atoms with van der Waals surface area (Å²) in [4.78, 5) is 35.0. The van der Waals surface area contributed by atoms with Crippen molar-refractivity contribution in [1.29, 1.82) is 0 Å². The SMILES string of the molecule is CC(C)C(=O)Nc1ccc(CNC(=O)COc2ccc3ccc(=O)oc3c2)cc1. The second-order valence-corrected chi connectivity index (χ2v) is 6.86. The van der Waals surface area contributed by atoms with Crippen molar-refractivity contribution in [2.24, 2.45) is 5.92 Å². The van der Waals surface area contributed by atoms with Crippen LogP contribution >= 0.6 is 0 Å². The van der Waals surface area contributed by atoms with E-state index in [-0.39, 0.29) is 24.3 Å². The molecule has 0 aliphatic carbocycles. The fourth-order valence-electron chi connectivity index (χ4n) is 2.52. The zero-order valence-electron chi connectivity index (χ0n) is 16.2. The number of carbonyl (C=O) groups excluding carboxylic acids is 2. The Labute approximate surface area is 167 Å². The van der Waals surface area contributed by atoms with E-state index in [1.807, 2.05) is 26.0 Å². The molecule has 0 fully saturated rings. The van der Waals surface area contributed by atoms with E-state index in [0.717, 1.165) is 10.9 Å². The third kappa shape index (κ3) is 5.68. The summed E-state index contributed by atoms with van der Waals surface area (Å²) in [6.45, 7) is 3.84. The van der Waals surface area contributed by atoms with Crippen molar-refractivity contribution in [2.45, 2.75) is 20.4 Å². The molecular weight excluding hydrogens is 372 g/mol. The van der Waals surface area contributed by atoms with Crippen molar-refractivity contribution >= 4 is 28.5 Å². The van der Waals surface area contributed by atoms with Crippen molar-refractivity contribution in [3.05, 3.63) is 70.6 Å². The van der Waals surface area contributed by atoms with Crippen LogP contribution in [0.3, 0.4) is 0 Å². The van der Waals surface area contributed by atoms with Crippen molar-refractivity contribution in [2.75, 3.05) is 11.9 Å². The molecule has 2 N–H and O–H groups in total. The summed E-state index contributed by atoms with van der Waals surface area (Å²) in [6.07, 6.45) is 0. The first kappa shape index (κ1) is 20.1. The van der Waals surface area contributed by atoms with Crippen LogP contribution in [0.5, 0.6) is 5.75 Å². The smallest absolute Gasteiger partial charge is 0.336 e. The van der Waals surface area contributed by atoms with Gasteiger partial charge in [0.15, 0.2) is 6.61 Å². The van der Waals surface area contributed by atoms with E-state index in [2.05, 4.69) is 10.6 Å². The van der Waals surface area contributed by atoms with E-state index in [0.29, 0.717) is 23.6 Å². The second-order valence-electron chi connectivity index (χ2n) is 6.86. The summed E-state index contributed by atoms with van der Waals surface area (Å²) in [6, 6.07) is 15.3. The molecule has 150 valence electrons. The van der Waals surface area contributed by atoms with Crippen LogP contribution in [0.25, 0.3) is 11.0 Å². The van der Waals surface area contributed by atoms with E-state index in [4.69, 9.17) is 9.15 Å². The number of benzene rings is 2. The topological polar surface area (TPSA) is 97.6 Å². The Morgan fingerprint density at radius 1 is 1.03 bits per heavy atom. The van der Waals surface area contributed by atoms with Crippen LogP contribution in [0, 0.1) is 5.92 Å². The molecule has 0 saturated carbocycles. The molecule has 0 aliphatic heterocycles. The van der Waals surface area contributed by atoms with Gasteiger partial charge in [-0.25, -0.2) is 4.79 Å². The monoisotopic (exact) mass is 394 g/mol. The van der Waals surface area contributed by atoms with Crippen LogP contribution in [-0.2, 0) is 16.1 Å². The molecule has 3 rings (SSSR count). The van der Waals surface area contributed by atoms with Crippen LogP contribution in [0.15, 0.2) is 63.8 Å². The number of hydrogen-bond donors (Lipinski definition) is 2. The molecule has 0 atom stereocenters. The van der Waals surface area contributed by atoms with E-state index < -0.39 is 5.63 Å². The molecule has 29 heavy (non-hydrogen) atoms. The van der Waals surface area contributed by atoms with Gasteiger partial charge in [-0.15, -0.1) is 0 Å². The molecule has 0 spiro atoms. The lowest BCUT2D eigenvalue weighted by molar-refractivity contribution is -0.123. The third-order valence-corrected chi connectivity index (χ3v) is 4.20. The summed E-state index contributed by atoms with van der Waals surface area (Å²) in [5, 5.41) is 6.36. The molecule has 1 aromatic heterocycles. The van der Waals surface area contributed by atoms with Gasteiger partial charge in [0, 0.05) is 35.7 Å². The highest BCUT2D eigenvalue weighted by atomic mass is 16.5. The number of anilines is 1. The molecule has 2 amide bonds. The van der Waals surface area contributed by atoms with Gasteiger partial charge in [-0.2, -0.15) is 0 Å². The Hall–Kier alpha value is -3.61. The molecule has 0 aliphatic rings. The lowest BCUT2D eigenvalue weighted by Crippen LogP contribution is -2.28. The standard InChI is InChI=1S/C22H22N2O5/c1-14(2)22(27)24-17-7-3-15(4-8-17)12-23-20(25)13-28-18-9-5-16-6-10-21(26)29-19(16)11-18/h3-11,14H,12-13H2,1-2H3,(H,23,25)(H,24,27). The van der Waals surface area contributed by atoms with Crippen LogP contribution in [-0.4, -0.2) is 18.4 Å². The van der Waals surface area contributed by atoms with Gasteiger partial charge in [-0.1, -0.05) is 26.0 Å². The van der Waals surface area contributed by atoms with Gasteiger partial charge in [0.2, 0.25) is 5.91 Å². The average Bonchev–Trinajstić information content (AvgIpc) is 2.71. The molecule has 0 unspecified atom stereocenters. The molecule has 7 heteroatoms. The first-order valence-corrected chi connectivity index (χ1v) is 9.24. The molecule has 3 aromatic rings. The summed E-state index contributed by atoms with van der Waals surface area (Å²) >= 11 is 0. The zero-order valence-corrected chi connectivity index (χ0v) is 16.2. The molecular formula is C22H22N2O5. The molecule has 0 bridgehead atoms. The number of fused-ring (bicyclic) bond motifs is 1.